The number of nitrogens with zero attached hydrogens (tertiary/aromatic N) is 1. The summed E-state index contributed by atoms with van der Waals surface area (Å²) in [6.45, 7) is 1.57. The van der Waals surface area contributed by atoms with Crippen LogP contribution in [-0.4, -0.2) is 29.3 Å². The fourth-order valence-corrected chi connectivity index (χ4v) is 2.69. The molecule has 1 saturated carbocycles. The van der Waals surface area contributed by atoms with Crippen molar-refractivity contribution in [3.8, 4) is 5.75 Å². The number of aliphatic hydroxyl groups excluding tert-OH is 1. The van der Waals surface area contributed by atoms with Gasteiger partial charge in [0, 0.05) is 31.2 Å². The maximum absolute atomic E-state index is 10.8. The first-order valence-electron chi connectivity index (χ1n) is 7.17. The summed E-state index contributed by atoms with van der Waals surface area (Å²) in [5.74, 6) is 0.511. The fraction of sp³-hybridized carbons (Fsp3) is 0.600. The molecule has 1 N–H and O–H groups in total. The van der Waals surface area contributed by atoms with Gasteiger partial charge in [-0.2, -0.15) is 0 Å². The van der Waals surface area contributed by atoms with Crippen LogP contribution in [0.5, 0.6) is 5.75 Å². The maximum atomic E-state index is 10.8. The number of rotatable bonds is 5. The van der Waals surface area contributed by atoms with Gasteiger partial charge in [0.1, 0.15) is 11.9 Å². The zero-order chi connectivity index (χ0) is 15.4. The molecule has 116 valence electrons. The van der Waals surface area contributed by atoms with Crippen molar-refractivity contribution in [2.45, 2.75) is 50.9 Å². The van der Waals surface area contributed by atoms with Crippen LogP contribution in [0.2, 0.25) is 0 Å². The molecule has 0 spiro atoms. The van der Waals surface area contributed by atoms with Gasteiger partial charge in [0.05, 0.1) is 17.1 Å². The largest absolute Gasteiger partial charge is 0.490 e. The van der Waals surface area contributed by atoms with Crippen molar-refractivity contribution in [1.82, 2.24) is 0 Å². The van der Waals surface area contributed by atoms with Crippen LogP contribution in [0.4, 0.5) is 5.69 Å². The second-order valence-corrected chi connectivity index (χ2v) is 5.42. The SMILES string of the molecule is COC1CCCC(Oc2ccc([N+](=O)[O-])cc2[C@@H](C)O)C1. The van der Waals surface area contributed by atoms with Crippen molar-refractivity contribution in [3.05, 3.63) is 33.9 Å². The Morgan fingerprint density at radius 3 is 2.71 bits per heavy atom. The van der Waals surface area contributed by atoms with Crippen LogP contribution in [-0.2, 0) is 4.74 Å². The van der Waals surface area contributed by atoms with E-state index in [9.17, 15) is 15.2 Å². The minimum atomic E-state index is -0.818. The number of aliphatic hydroxyl groups is 1. The molecule has 1 aromatic carbocycles. The molecule has 2 rings (SSSR count). The Hall–Kier alpha value is -1.66. The summed E-state index contributed by atoms with van der Waals surface area (Å²) in [7, 11) is 1.69. The van der Waals surface area contributed by atoms with Gasteiger partial charge in [0.2, 0.25) is 0 Å². The molecule has 0 saturated heterocycles. The van der Waals surface area contributed by atoms with E-state index < -0.39 is 11.0 Å². The van der Waals surface area contributed by atoms with Crippen LogP contribution in [0.1, 0.15) is 44.3 Å². The van der Waals surface area contributed by atoms with Gasteiger partial charge in [-0.1, -0.05) is 0 Å². The summed E-state index contributed by atoms with van der Waals surface area (Å²) in [5.41, 5.74) is 0.403. The molecule has 1 aliphatic carbocycles. The molecule has 2 unspecified atom stereocenters. The molecule has 0 aromatic heterocycles. The predicted molar refractivity (Wildman–Crippen MR) is 77.4 cm³/mol. The monoisotopic (exact) mass is 295 g/mol. The highest BCUT2D eigenvalue weighted by Crippen LogP contribution is 2.32. The molecule has 1 fully saturated rings. The number of hydrogen-bond acceptors (Lipinski definition) is 5. The highest BCUT2D eigenvalue weighted by molar-refractivity contribution is 5.45. The van der Waals surface area contributed by atoms with Crippen molar-refractivity contribution in [1.29, 1.82) is 0 Å². The number of hydrogen-bond donors (Lipinski definition) is 1. The molecule has 1 aliphatic rings. The Bertz CT molecular complexity index is 503. The second-order valence-electron chi connectivity index (χ2n) is 5.42. The smallest absolute Gasteiger partial charge is 0.270 e. The third kappa shape index (κ3) is 3.92. The lowest BCUT2D eigenvalue weighted by Crippen LogP contribution is -2.29. The summed E-state index contributed by atoms with van der Waals surface area (Å²) < 4.78 is 11.3. The molecular weight excluding hydrogens is 274 g/mol. The van der Waals surface area contributed by atoms with Gasteiger partial charge < -0.3 is 14.6 Å². The number of ether oxygens (including phenoxy) is 2. The molecule has 0 heterocycles. The summed E-state index contributed by atoms with van der Waals surface area (Å²) in [6.07, 6.45) is 3.17. The summed E-state index contributed by atoms with van der Waals surface area (Å²) in [4.78, 5) is 10.4. The molecule has 0 amide bonds. The van der Waals surface area contributed by atoms with E-state index in [-0.39, 0.29) is 17.9 Å². The van der Waals surface area contributed by atoms with Crippen LogP contribution in [0, 0.1) is 10.1 Å². The Labute approximate surface area is 123 Å². The summed E-state index contributed by atoms with van der Waals surface area (Å²) in [6, 6.07) is 4.34. The van der Waals surface area contributed by atoms with Gasteiger partial charge in [0.15, 0.2) is 0 Å². The maximum Gasteiger partial charge on any atom is 0.270 e. The topological polar surface area (TPSA) is 81.8 Å². The number of nitro benzene ring substituents is 1. The number of benzene rings is 1. The average Bonchev–Trinajstić information content (AvgIpc) is 2.47. The zero-order valence-electron chi connectivity index (χ0n) is 12.3. The molecule has 21 heavy (non-hydrogen) atoms. The second kappa shape index (κ2) is 6.87. The van der Waals surface area contributed by atoms with Crippen molar-refractivity contribution in [3.63, 3.8) is 0 Å². The minimum absolute atomic E-state index is 0.0163. The van der Waals surface area contributed by atoms with Crippen molar-refractivity contribution in [2.75, 3.05) is 7.11 Å². The van der Waals surface area contributed by atoms with E-state index in [4.69, 9.17) is 9.47 Å². The lowest BCUT2D eigenvalue weighted by atomic mass is 9.94. The van der Waals surface area contributed by atoms with Crippen LogP contribution in [0.15, 0.2) is 18.2 Å². The van der Waals surface area contributed by atoms with E-state index in [1.807, 2.05) is 0 Å². The standard InChI is InChI=1S/C15H21NO5/c1-10(17)14-8-11(16(18)19)6-7-15(14)21-13-5-3-4-12(9-13)20-2/h6-8,10,12-13,17H,3-5,9H2,1-2H3/t10-,12?,13?/m1/s1. The molecule has 1 aromatic rings. The predicted octanol–water partition coefficient (Wildman–Crippen LogP) is 2.98. The molecule has 3 atom stereocenters. The van der Waals surface area contributed by atoms with Crippen LogP contribution < -0.4 is 4.74 Å². The highest BCUT2D eigenvalue weighted by atomic mass is 16.6. The van der Waals surface area contributed by atoms with Crippen molar-refractivity contribution < 1.29 is 19.5 Å². The van der Waals surface area contributed by atoms with Gasteiger partial charge >= 0.3 is 0 Å². The Balaban J connectivity index is 2.17. The minimum Gasteiger partial charge on any atom is -0.490 e. The quantitative estimate of drug-likeness (QED) is 0.667. The Kier molecular flexibility index (Phi) is 5.14. The zero-order valence-corrected chi connectivity index (χ0v) is 12.3. The molecule has 0 aliphatic heterocycles. The number of nitro groups is 1. The molecule has 6 nitrogen and oxygen atoms in total. The van der Waals surface area contributed by atoms with Crippen LogP contribution >= 0.6 is 0 Å². The van der Waals surface area contributed by atoms with E-state index in [0.29, 0.717) is 11.3 Å². The van der Waals surface area contributed by atoms with Crippen LogP contribution in [0.3, 0.4) is 0 Å². The summed E-state index contributed by atoms with van der Waals surface area (Å²) in [5, 5.41) is 20.6. The summed E-state index contributed by atoms with van der Waals surface area (Å²) >= 11 is 0. The fourth-order valence-electron chi connectivity index (χ4n) is 2.69. The first kappa shape index (κ1) is 15.7. The van der Waals surface area contributed by atoms with Gasteiger partial charge in [-0.15, -0.1) is 0 Å². The number of non-ortho nitro benzene ring substituents is 1. The van der Waals surface area contributed by atoms with E-state index in [1.165, 1.54) is 12.1 Å². The normalized spacial score (nSPS) is 23.6. The van der Waals surface area contributed by atoms with Crippen molar-refractivity contribution in [2.24, 2.45) is 0 Å². The van der Waals surface area contributed by atoms with Crippen molar-refractivity contribution >= 4 is 5.69 Å². The lowest BCUT2D eigenvalue weighted by Gasteiger charge is -2.29. The molecule has 0 bridgehead atoms. The van der Waals surface area contributed by atoms with E-state index >= 15 is 0 Å². The van der Waals surface area contributed by atoms with Gasteiger partial charge in [-0.25, -0.2) is 0 Å². The molecule has 6 heteroatoms. The molecule has 0 radical (unpaired) electrons. The Morgan fingerprint density at radius 2 is 2.10 bits per heavy atom. The lowest BCUT2D eigenvalue weighted by molar-refractivity contribution is -0.385. The highest BCUT2D eigenvalue weighted by Gasteiger charge is 2.25. The number of methoxy groups -OCH3 is 1. The first-order valence-corrected chi connectivity index (χ1v) is 7.17. The van der Waals surface area contributed by atoms with Gasteiger partial charge in [-0.05, 0) is 32.3 Å². The van der Waals surface area contributed by atoms with Gasteiger partial charge in [0.25, 0.3) is 5.69 Å². The third-order valence-electron chi connectivity index (χ3n) is 3.86. The van der Waals surface area contributed by atoms with E-state index in [1.54, 1.807) is 20.1 Å². The average molecular weight is 295 g/mol. The Morgan fingerprint density at radius 1 is 1.38 bits per heavy atom. The molecular formula is C15H21NO5. The third-order valence-corrected chi connectivity index (χ3v) is 3.86. The van der Waals surface area contributed by atoms with Crippen LogP contribution in [0.25, 0.3) is 0 Å². The van der Waals surface area contributed by atoms with E-state index in [0.717, 1.165) is 25.7 Å². The first-order chi connectivity index (χ1) is 10.0. The van der Waals surface area contributed by atoms with Gasteiger partial charge in [-0.3, -0.25) is 10.1 Å². The van der Waals surface area contributed by atoms with E-state index in [2.05, 4.69) is 0 Å².